The highest BCUT2D eigenvalue weighted by Crippen LogP contribution is 2.44. The topological polar surface area (TPSA) is 89.8 Å². The second-order valence-corrected chi connectivity index (χ2v) is 6.96. The molecule has 6 heteroatoms. The van der Waals surface area contributed by atoms with Gasteiger partial charge in [0.1, 0.15) is 11.6 Å². The van der Waals surface area contributed by atoms with Gasteiger partial charge < -0.3 is 10.5 Å². The van der Waals surface area contributed by atoms with Crippen LogP contribution >= 0.6 is 0 Å². The Kier molecular flexibility index (Phi) is 3.81. The van der Waals surface area contributed by atoms with Crippen LogP contribution in [0.1, 0.15) is 22.7 Å². The number of hydrogen-bond donors (Lipinski definition) is 1. The van der Waals surface area contributed by atoms with E-state index in [9.17, 15) is 5.26 Å². The number of aryl methyl sites for hydroxylation is 1. The number of fused-ring (bicyclic) bond motifs is 2. The fraction of sp³-hybridized carbons (Fsp3) is 0.0870. The highest BCUT2D eigenvalue weighted by atomic mass is 16.5. The lowest BCUT2D eigenvalue weighted by Gasteiger charge is -2.24. The lowest BCUT2D eigenvalue weighted by molar-refractivity contribution is 0.367. The lowest BCUT2D eigenvalue weighted by Crippen LogP contribution is -2.22. The maximum absolute atomic E-state index is 9.74. The number of benzene rings is 2. The number of ether oxygens (including phenoxy) is 1. The number of nitriles is 1. The first-order chi connectivity index (χ1) is 14.2. The molecule has 1 aliphatic rings. The molecular formula is C23H17N5O. The number of nitrogens with zero attached hydrogens (tertiary/aromatic N) is 4. The molecule has 2 aromatic carbocycles. The van der Waals surface area contributed by atoms with Crippen molar-refractivity contribution in [2.24, 2.45) is 5.73 Å². The van der Waals surface area contributed by atoms with Crippen molar-refractivity contribution in [1.82, 2.24) is 14.8 Å². The maximum Gasteiger partial charge on any atom is 0.229 e. The molecule has 0 aliphatic carbocycles. The van der Waals surface area contributed by atoms with E-state index < -0.39 is 0 Å². The maximum atomic E-state index is 9.74. The molecule has 3 heterocycles. The van der Waals surface area contributed by atoms with Gasteiger partial charge in [-0.05, 0) is 41.5 Å². The van der Waals surface area contributed by atoms with Crippen LogP contribution in [0, 0.1) is 18.3 Å². The molecule has 2 aromatic heterocycles. The SMILES string of the molecule is Cc1nn(-c2ccc3ccccc3c2)c2c1[C@@H](c1cccnc1)C(C#N)=C(N)O2. The Labute approximate surface area is 167 Å². The average molecular weight is 379 g/mol. The standard InChI is InChI=1S/C23H17N5O/c1-14-20-21(17-7-4-10-26-13-17)19(12-24)22(25)29-23(20)28(27-14)18-9-8-15-5-2-3-6-16(15)11-18/h2-11,13,21H,25H2,1H3/t21-/m0/s1. The van der Waals surface area contributed by atoms with E-state index in [1.54, 1.807) is 17.1 Å². The Hall–Kier alpha value is -4.11. The molecular weight excluding hydrogens is 362 g/mol. The minimum atomic E-state index is -0.369. The Balaban J connectivity index is 1.73. The van der Waals surface area contributed by atoms with Crippen molar-refractivity contribution in [1.29, 1.82) is 5.26 Å². The molecule has 140 valence electrons. The van der Waals surface area contributed by atoms with E-state index >= 15 is 0 Å². The molecule has 1 atom stereocenters. The molecule has 0 bridgehead atoms. The van der Waals surface area contributed by atoms with Crippen LogP contribution in [-0.4, -0.2) is 14.8 Å². The number of hydrogen-bond acceptors (Lipinski definition) is 5. The van der Waals surface area contributed by atoms with E-state index in [0.717, 1.165) is 33.3 Å². The van der Waals surface area contributed by atoms with E-state index in [1.807, 2.05) is 37.3 Å². The third-order valence-electron chi connectivity index (χ3n) is 5.23. The fourth-order valence-electron chi connectivity index (χ4n) is 3.88. The van der Waals surface area contributed by atoms with Crippen LogP contribution in [0.3, 0.4) is 0 Å². The van der Waals surface area contributed by atoms with Gasteiger partial charge in [0.05, 0.1) is 22.9 Å². The average Bonchev–Trinajstić information content (AvgIpc) is 3.08. The van der Waals surface area contributed by atoms with Gasteiger partial charge in [-0.25, -0.2) is 4.68 Å². The number of allylic oxidation sites excluding steroid dienone is 1. The van der Waals surface area contributed by atoms with Gasteiger partial charge in [0.25, 0.3) is 0 Å². The van der Waals surface area contributed by atoms with Crippen molar-refractivity contribution in [2.45, 2.75) is 12.8 Å². The predicted molar refractivity (Wildman–Crippen MR) is 109 cm³/mol. The van der Waals surface area contributed by atoms with Crippen molar-refractivity contribution < 1.29 is 4.74 Å². The number of aromatic nitrogens is 3. The summed E-state index contributed by atoms with van der Waals surface area (Å²) in [5, 5.41) is 16.7. The van der Waals surface area contributed by atoms with Crippen molar-refractivity contribution in [3.8, 4) is 17.6 Å². The summed E-state index contributed by atoms with van der Waals surface area (Å²) in [7, 11) is 0. The quantitative estimate of drug-likeness (QED) is 0.570. The van der Waals surface area contributed by atoms with Crippen molar-refractivity contribution in [3.63, 3.8) is 0 Å². The zero-order valence-corrected chi connectivity index (χ0v) is 15.7. The number of rotatable bonds is 2. The van der Waals surface area contributed by atoms with E-state index in [-0.39, 0.29) is 11.8 Å². The van der Waals surface area contributed by atoms with Gasteiger partial charge in [0.15, 0.2) is 0 Å². The molecule has 0 unspecified atom stereocenters. The molecule has 29 heavy (non-hydrogen) atoms. The summed E-state index contributed by atoms with van der Waals surface area (Å²) in [6.45, 7) is 1.92. The Morgan fingerprint density at radius 3 is 2.69 bits per heavy atom. The summed E-state index contributed by atoms with van der Waals surface area (Å²) >= 11 is 0. The molecule has 0 spiro atoms. The minimum Gasteiger partial charge on any atom is -0.422 e. The van der Waals surface area contributed by atoms with E-state index in [4.69, 9.17) is 15.6 Å². The summed E-state index contributed by atoms with van der Waals surface area (Å²) in [5.74, 6) is 0.255. The molecule has 2 N–H and O–H groups in total. The van der Waals surface area contributed by atoms with Crippen LogP contribution in [0.5, 0.6) is 5.88 Å². The molecule has 0 saturated heterocycles. The largest absolute Gasteiger partial charge is 0.422 e. The molecule has 6 nitrogen and oxygen atoms in total. The van der Waals surface area contributed by atoms with Gasteiger partial charge in [-0.15, -0.1) is 0 Å². The Morgan fingerprint density at radius 1 is 1.10 bits per heavy atom. The first kappa shape index (κ1) is 17.0. The van der Waals surface area contributed by atoms with Crippen molar-refractivity contribution >= 4 is 10.8 Å². The summed E-state index contributed by atoms with van der Waals surface area (Å²) < 4.78 is 7.67. The molecule has 4 aromatic rings. The van der Waals surface area contributed by atoms with Crippen molar-refractivity contribution in [3.05, 3.63) is 95.3 Å². The second-order valence-electron chi connectivity index (χ2n) is 6.96. The zero-order chi connectivity index (χ0) is 20.0. The number of pyridine rings is 1. The van der Waals surface area contributed by atoms with Crippen LogP contribution in [0.2, 0.25) is 0 Å². The summed E-state index contributed by atoms with van der Waals surface area (Å²) in [6.07, 6.45) is 3.45. The smallest absolute Gasteiger partial charge is 0.229 e. The van der Waals surface area contributed by atoms with Crippen molar-refractivity contribution in [2.75, 3.05) is 0 Å². The first-order valence-electron chi connectivity index (χ1n) is 9.23. The Bertz CT molecular complexity index is 1310. The Morgan fingerprint density at radius 2 is 1.93 bits per heavy atom. The highest BCUT2D eigenvalue weighted by Gasteiger charge is 2.36. The van der Waals surface area contributed by atoms with E-state index in [1.165, 1.54) is 0 Å². The predicted octanol–water partition coefficient (Wildman–Crippen LogP) is 3.95. The molecule has 5 rings (SSSR count). The number of nitrogens with two attached hydrogens (primary N) is 1. The van der Waals surface area contributed by atoms with Crippen LogP contribution in [0.25, 0.3) is 16.5 Å². The van der Waals surface area contributed by atoms with Crippen LogP contribution in [-0.2, 0) is 0 Å². The van der Waals surface area contributed by atoms with Crippen LogP contribution in [0.15, 0.2) is 78.4 Å². The van der Waals surface area contributed by atoms with Gasteiger partial charge in [-0.2, -0.15) is 10.4 Å². The first-order valence-corrected chi connectivity index (χ1v) is 9.23. The molecule has 0 saturated carbocycles. The minimum absolute atomic E-state index is 0.0933. The lowest BCUT2D eigenvalue weighted by atomic mass is 9.85. The summed E-state index contributed by atoms with van der Waals surface area (Å²) in [4.78, 5) is 4.21. The van der Waals surface area contributed by atoms with E-state index in [0.29, 0.717) is 11.5 Å². The summed E-state index contributed by atoms with van der Waals surface area (Å²) in [6, 6.07) is 20.2. The van der Waals surface area contributed by atoms with E-state index in [2.05, 4.69) is 35.3 Å². The highest BCUT2D eigenvalue weighted by molar-refractivity contribution is 5.84. The molecule has 1 aliphatic heterocycles. The summed E-state index contributed by atoms with van der Waals surface area (Å²) in [5.41, 5.74) is 9.87. The fourth-order valence-corrected chi connectivity index (χ4v) is 3.88. The van der Waals surface area contributed by atoms with Crippen LogP contribution < -0.4 is 10.5 Å². The van der Waals surface area contributed by atoms with Gasteiger partial charge in [0, 0.05) is 12.4 Å². The van der Waals surface area contributed by atoms with Gasteiger partial charge >= 0.3 is 0 Å². The van der Waals surface area contributed by atoms with Crippen LogP contribution in [0.4, 0.5) is 0 Å². The molecule has 0 radical (unpaired) electrons. The monoisotopic (exact) mass is 379 g/mol. The van der Waals surface area contributed by atoms with Gasteiger partial charge in [-0.3, -0.25) is 4.98 Å². The third-order valence-corrected chi connectivity index (χ3v) is 5.23. The normalized spacial score (nSPS) is 15.7. The molecule has 0 amide bonds. The zero-order valence-electron chi connectivity index (χ0n) is 15.7. The van der Waals surface area contributed by atoms with Gasteiger partial charge in [0.2, 0.25) is 11.8 Å². The third kappa shape index (κ3) is 2.64. The molecule has 0 fully saturated rings. The second kappa shape index (κ2) is 6.50. The van der Waals surface area contributed by atoms with Gasteiger partial charge in [-0.1, -0.05) is 36.4 Å².